The molecule has 1 aromatic heterocycles. The van der Waals surface area contributed by atoms with Crippen molar-refractivity contribution >= 4 is 17.2 Å². The Bertz CT molecular complexity index is 595. The quantitative estimate of drug-likeness (QED) is 0.486. The Kier molecular flexibility index (Phi) is 5.32. The van der Waals surface area contributed by atoms with Gasteiger partial charge in [0.25, 0.3) is 5.91 Å². The molecule has 1 aromatic carbocycles. The Balaban J connectivity index is 1.99. The van der Waals surface area contributed by atoms with Crippen molar-refractivity contribution in [2.45, 2.75) is 13.1 Å². The van der Waals surface area contributed by atoms with Crippen molar-refractivity contribution in [2.24, 2.45) is 5.84 Å². The van der Waals surface area contributed by atoms with E-state index in [2.05, 4.69) is 10.3 Å². The fourth-order valence-corrected chi connectivity index (χ4v) is 2.93. The first-order valence-electron chi connectivity index (χ1n) is 6.53. The van der Waals surface area contributed by atoms with Crippen LogP contribution < -0.4 is 16.0 Å². The molecule has 0 fully saturated rings. The third kappa shape index (κ3) is 4.04. The van der Waals surface area contributed by atoms with Gasteiger partial charge in [0, 0.05) is 13.1 Å². The van der Waals surface area contributed by atoms with Gasteiger partial charge in [-0.3, -0.25) is 15.1 Å². The largest absolute Gasteiger partial charge is 0.497 e. The van der Waals surface area contributed by atoms with Gasteiger partial charge >= 0.3 is 0 Å². The number of hydrazine groups is 1. The lowest BCUT2D eigenvalue weighted by molar-refractivity contribution is 0.0956. The summed E-state index contributed by atoms with van der Waals surface area (Å²) in [5, 5.41) is 1.90. The van der Waals surface area contributed by atoms with E-state index in [0.717, 1.165) is 17.9 Å². The van der Waals surface area contributed by atoms with E-state index in [0.29, 0.717) is 11.4 Å². The highest BCUT2D eigenvalue weighted by atomic mass is 32.1. The van der Waals surface area contributed by atoms with E-state index in [-0.39, 0.29) is 5.91 Å². The highest BCUT2D eigenvalue weighted by molar-refractivity contribution is 7.12. The number of carbonyl (C=O) groups excluding carboxylic acids is 1. The second-order valence-electron chi connectivity index (χ2n) is 4.77. The number of rotatable bonds is 6. The monoisotopic (exact) mass is 305 g/mol. The van der Waals surface area contributed by atoms with Crippen molar-refractivity contribution < 1.29 is 9.53 Å². The van der Waals surface area contributed by atoms with Gasteiger partial charge in [-0.1, -0.05) is 12.1 Å². The topological polar surface area (TPSA) is 67.6 Å². The molecule has 0 radical (unpaired) electrons. The summed E-state index contributed by atoms with van der Waals surface area (Å²) < 4.78 is 5.15. The third-order valence-corrected chi connectivity index (χ3v) is 4.09. The van der Waals surface area contributed by atoms with Crippen LogP contribution in [0.5, 0.6) is 5.75 Å². The van der Waals surface area contributed by atoms with Gasteiger partial charge in [0.1, 0.15) is 5.75 Å². The predicted octanol–water partition coefficient (Wildman–Crippen LogP) is 1.99. The number of benzene rings is 1. The lowest BCUT2D eigenvalue weighted by atomic mass is 10.2. The summed E-state index contributed by atoms with van der Waals surface area (Å²) in [6, 6.07) is 9.93. The average molecular weight is 305 g/mol. The second kappa shape index (κ2) is 7.21. The van der Waals surface area contributed by atoms with Gasteiger partial charge in [-0.2, -0.15) is 0 Å². The number of ether oxygens (including phenoxy) is 1. The molecule has 3 N–H and O–H groups in total. The van der Waals surface area contributed by atoms with Crippen LogP contribution in [0.15, 0.2) is 35.7 Å². The summed E-state index contributed by atoms with van der Waals surface area (Å²) >= 11 is 1.40. The Morgan fingerprint density at radius 1 is 1.29 bits per heavy atom. The lowest BCUT2D eigenvalue weighted by Gasteiger charge is -2.17. The number of nitrogen functional groups attached to an aromatic ring is 1. The van der Waals surface area contributed by atoms with Crippen LogP contribution in [-0.2, 0) is 13.1 Å². The zero-order valence-electron chi connectivity index (χ0n) is 12.1. The van der Waals surface area contributed by atoms with E-state index < -0.39 is 0 Å². The van der Waals surface area contributed by atoms with Crippen LogP contribution >= 0.6 is 11.3 Å². The lowest BCUT2D eigenvalue weighted by Crippen LogP contribution is -2.30. The maximum absolute atomic E-state index is 11.6. The molecule has 2 aromatic rings. The van der Waals surface area contributed by atoms with Crippen LogP contribution in [0.2, 0.25) is 0 Å². The molecule has 21 heavy (non-hydrogen) atoms. The summed E-state index contributed by atoms with van der Waals surface area (Å²) in [6.45, 7) is 1.49. The molecule has 5 nitrogen and oxygen atoms in total. The highest BCUT2D eigenvalue weighted by Gasteiger charge is 2.13. The number of hydrogen-bond acceptors (Lipinski definition) is 5. The number of nitrogens with zero attached hydrogens (tertiary/aromatic N) is 1. The van der Waals surface area contributed by atoms with Gasteiger partial charge in [-0.25, -0.2) is 5.84 Å². The van der Waals surface area contributed by atoms with Crippen molar-refractivity contribution in [3.63, 3.8) is 0 Å². The third-order valence-electron chi connectivity index (χ3n) is 3.14. The van der Waals surface area contributed by atoms with E-state index in [1.165, 1.54) is 16.9 Å². The van der Waals surface area contributed by atoms with Gasteiger partial charge in [-0.05, 0) is 41.8 Å². The zero-order valence-corrected chi connectivity index (χ0v) is 12.9. The molecule has 0 unspecified atom stereocenters. The number of nitrogens with two attached hydrogens (primary N) is 1. The minimum Gasteiger partial charge on any atom is -0.497 e. The number of nitrogens with one attached hydrogen (secondary N) is 1. The van der Waals surface area contributed by atoms with Gasteiger partial charge in [0.05, 0.1) is 12.0 Å². The van der Waals surface area contributed by atoms with E-state index in [9.17, 15) is 4.79 Å². The minimum absolute atomic E-state index is 0.238. The van der Waals surface area contributed by atoms with Crippen molar-refractivity contribution in [2.75, 3.05) is 14.2 Å². The van der Waals surface area contributed by atoms with Crippen molar-refractivity contribution in [3.8, 4) is 5.75 Å². The van der Waals surface area contributed by atoms with Crippen molar-refractivity contribution in [1.82, 2.24) is 10.3 Å². The fraction of sp³-hybridized carbons (Fsp3) is 0.267. The Labute approximate surface area is 128 Å². The molecule has 0 spiro atoms. The second-order valence-corrected chi connectivity index (χ2v) is 5.68. The smallest absolute Gasteiger partial charge is 0.275 e. The number of hydrogen-bond donors (Lipinski definition) is 2. The maximum atomic E-state index is 11.6. The summed E-state index contributed by atoms with van der Waals surface area (Å²) in [7, 11) is 3.67. The molecule has 112 valence electrons. The van der Waals surface area contributed by atoms with Crippen LogP contribution in [0.1, 0.15) is 20.8 Å². The van der Waals surface area contributed by atoms with Gasteiger partial charge in [0.2, 0.25) is 0 Å². The molecular weight excluding hydrogens is 286 g/mol. The summed E-state index contributed by atoms with van der Waals surface area (Å²) in [5.74, 6) is 5.81. The normalized spacial score (nSPS) is 10.7. The Morgan fingerprint density at radius 2 is 2.00 bits per heavy atom. The molecule has 1 heterocycles. The van der Waals surface area contributed by atoms with Crippen LogP contribution in [0, 0.1) is 0 Å². The van der Waals surface area contributed by atoms with Crippen molar-refractivity contribution in [1.29, 1.82) is 0 Å². The molecule has 0 aliphatic rings. The fourth-order valence-electron chi connectivity index (χ4n) is 2.11. The van der Waals surface area contributed by atoms with E-state index in [1.54, 1.807) is 7.11 Å². The number of amides is 1. The molecule has 0 saturated carbocycles. The molecular formula is C15H19N3O2S. The SMILES string of the molecule is COc1ccc(CN(C)Cc2ccsc2C(=O)NN)cc1. The molecule has 6 heteroatoms. The number of thiophene rings is 1. The summed E-state index contributed by atoms with van der Waals surface area (Å²) in [6.07, 6.45) is 0. The maximum Gasteiger partial charge on any atom is 0.275 e. The first-order chi connectivity index (χ1) is 10.1. The van der Waals surface area contributed by atoms with E-state index in [4.69, 9.17) is 10.6 Å². The van der Waals surface area contributed by atoms with E-state index >= 15 is 0 Å². The average Bonchev–Trinajstić information content (AvgIpc) is 2.95. The van der Waals surface area contributed by atoms with E-state index in [1.807, 2.05) is 42.8 Å². The highest BCUT2D eigenvalue weighted by Crippen LogP contribution is 2.19. The molecule has 0 saturated heterocycles. The zero-order chi connectivity index (χ0) is 15.2. The van der Waals surface area contributed by atoms with Gasteiger partial charge < -0.3 is 4.74 Å². The molecule has 0 bridgehead atoms. The molecule has 1 amide bonds. The number of carbonyl (C=O) groups is 1. The van der Waals surface area contributed by atoms with Crippen LogP contribution in [0.3, 0.4) is 0 Å². The van der Waals surface area contributed by atoms with Gasteiger partial charge in [0.15, 0.2) is 0 Å². The predicted molar refractivity (Wildman–Crippen MR) is 84.1 cm³/mol. The minimum atomic E-state index is -0.238. The van der Waals surface area contributed by atoms with Gasteiger partial charge in [-0.15, -0.1) is 11.3 Å². The van der Waals surface area contributed by atoms with Crippen LogP contribution in [0.4, 0.5) is 0 Å². The molecule has 0 atom stereocenters. The molecule has 2 rings (SSSR count). The first kappa shape index (κ1) is 15.5. The van der Waals surface area contributed by atoms with Crippen molar-refractivity contribution in [3.05, 3.63) is 51.7 Å². The molecule has 0 aliphatic heterocycles. The standard InChI is InChI=1S/C15H19N3O2S/c1-18(9-11-3-5-13(20-2)6-4-11)10-12-7-8-21-14(12)15(19)17-16/h3-8H,9-10,16H2,1-2H3,(H,17,19). The first-order valence-corrected chi connectivity index (χ1v) is 7.40. The Morgan fingerprint density at radius 3 is 2.62 bits per heavy atom. The molecule has 0 aliphatic carbocycles. The summed E-state index contributed by atoms with van der Waals surface area (Å²) in [5.41, 5.74) is 4.36. The van der Waals surface area contributed by atoms with Crippen LogP contribution in [-0.4, -0.2) is 25.0 Å². The number of methoxy groups -OCH3 is 1. The Hall–Kier alpha value is -1.89. The summed E-state index contributed by atoms with van der Waals surface area (Å²) in [4.78, 5) is 14.5. The van der Waals surface area contributed by atoms with Crippen LogP contribution in [0.25, 0.3) is 0 Å².